The number of carbonyl (C=O) groups excluding carboxylic acids is 1. The summed E-state index contributed by atoms with van der Waals surface area (Å²) in [4.78, 5) is 31.1. The number of amides is 1. The molecular weight excluding hydrogens is 326 g/mol. The first-order chi connectivity index (χ1) is 11.6. The zero-order chi connectivity index (χ0) is 16.9. The summed E-state index contributed by atoms with van der Waals surface area (Å²) in [5.41, 5.74) is 1.58. The third-order valence-corrected chi connectivity index (χ3v) is 4.07. The largest absolute Gasteiger partial charge is 0.483 e. The predicted octanol–water partition coefficient (Wildman–Crippen LogP) is 2.97. The Morgan fingerprint density at radius 1 is 1.33 bits per heavy atom. The molecule has 3 rings (SSSR count). The van der Waals surface area contributed by atoms with Crippen LogP contribution in [-0.2, 0) is 6.61 Å². The number of nitrogens with one attached hydrogen (secondary N) is 2. The van der Waals surface area contributed by atoms with E-state index in [-0.39, 0.29) is 23.5 Å². The van der Waals surface area contributed by atoms with Gasteiger partial charge in [-0.05, 0) is 12.5 Å². The average Bonchev–Trinajstić information content (AvgIpc) is 2.99. The number of pyridine rings is 1. The molecule has 0 radical (unpaired) electrons. The standard InChI is InChI=1S/C17H15N3O3S/c1-11-10-24-17(19-11)20-16(22)13-7-14(21)15(8-18-13)23-9-12-5-3-2-4-6-12/h2-8,10H,9H2,1H3,(H,18,21)(H,19,20,22). The molecule has 0 bridgehead atoms. The van der Waals surface area contributed by atoms with Gasteiger partial charge < -0.3 is 9.72 Å². The first kappa shape index (κ1) is 15.9. The van der Waals surface area contributed by atoms with E-state index in [0.29, 0.717) is 5.13 Å². The minimum Gasteiger partial charge on any atom is -0.483 e. The van der Waals surface area contributed by atoms with Crippen LogP contribution in [0.1, 0.15) is 21.7 Å². The Balaban J connectivity index is 1.67. The number of aromatic nitrogens is 2. The summed E-state index contributed by atoms with van der Waals surface area (Å²) in [5.74, 6) is -0.253. The number of ether oxygens (including phenoxy) is 1. The molecule has 1 amide bonds. The van der Waals surface area contributed by atoms with Crippen molar-refractivity contribution in [1.82, 2.24) is 9.97 Å². The van der Waals surface area contributed by atoms with E-state index < -0.39 is 5.91 Å². The van der Waals surface area contributed by atoms with E-state index in [1.54, 1.807) is 0 Å². The third kappa shape index (κ3) is 3.88. The molecule has 24 heavy (non-hydrogen) atoms. The van der Waals surface area contributed by atoms with Gasteiger partial charge in [0.1, 0.15) is 12.3 Å². The molecule has 122 valence electrons. The number of H-pyrrole nitrogens is 1. The SMILES string of the molecule is Cc1csc(NC(=O)c2cc(=O)c(OCc3ccccc3)c[nH]2)n1. The predicted molar refractivity (Wildman–Crippen MR) is 92.6 cm³/mol. The maximum absolute atomic E-state index is 12.1. The second-order valence-corrected chi connectivity index (χ2v) is 5.96. The van der Waals surface area contributed by atoms with E-state index in [2.05, 4.69) is 15.3 Å². The normalized spacial score (nSPS) is 10.4. The van der Waals surface area contributed by atoms with Gasteiger partial charge in [0, 0.05) is 17.6 Å². The number of carbonyl (C=O) groups is 1. The van der Waals surface area contributed by atoms with E-state index in [1.165, 1.54) is 23.6 Å². The number of thiazole rings is 1. The van der Waals surface area contributed by atoms with Gasteiger partial charge >= 0.3 is 0 Å². The Labute approximate surface area is 142 Å². The molecule has 0 unspecified atom stereocenters. The number of rotatable bonds is 5. The van der Waals surface area contributed by atoms with Crippen LogP contribution in [0, 0.1) is 6.92 Å². The number of hydrogen-bond donors (Lipinski definition) is 2. The number of hydrogen-bond acceptors (Lipinski definition) is 5. The Morgan fingerprint density at radius 3 is 2.79 bits per heavy atom. The van der Waals surface area contributed by atoms with Crippen LogP contribution in [0.15, 0.2) is 52.8 Å². The van der Waals surface area contributed by atoms with Gasteiger partial charge in [-0.15, -0.1) is 11.3 Å². The molecule has 2 heterocycles. The molecule has 3 aromatic rings. The quantitative estimate of drug-likeness (QED) is 0.747. The van der Waals surface area contributed by atoms with Crippen LogP contribution in [0.4, 0.5) is 5.13 Å². The summed E-state index contributed by atoms with van der Waals surface area (Å²) < 4.78 is 5.49. The van der Waals surface area contributed by atoms with Crippen molar-refractivity contribution in [3.05, 3.63) is 75.1 Å². The average molecular weight is 341 g/mol. The molecule has 0 saturated carbocycles. The topological polar surface area (TPSA) is 84.1 Å². The van der Waals surface area contributed by atoms with Crippen LogP contribution in [0.25, 0.3) is 0 Å². The highest BCUT2D eigenvalue weighted by molar-refractivity contribution is 7.13. The Morgan fingerprint density at radius 2 is 2.12 bits per heavy atom. The molecule has 0 saturated heterocycles. The van der Waals surface area contributed by atoms with Crippen molar-refractivity contribution in [2.45, 2.75) is 13.5 Å². The number of anilines is 1. The van der Waals surface area contributed by atoms with Gasteiger partial charge in [-0.2, -0.15) is 0 Å². The maximum Gasteiger partial charge on any atom is 0.273 e. The molecule has 2 N–H and O–H groups in total. The number of aromatic amines is 1. The van der Waals surface area contributed by atoms with E-state index in [1.807, 2.05) is 42.6 Å². The van der Waals surface area contributed by atoms with Crippen molar-refractivity contribution in [1.29, 1.82) is 0 Å². The van der Waals surface area contributed by atoms with E-state index >= 15 is 0 Å². The lowest BCUT2D eigenvalue weighted by Gasteiger charge is -2.07. The molecule has 0 fully saturated rings. The minimum absolute atomic E-state index is 0.153. The van der Waals surface area contributed by atoms with Crippen LogP contribution in [0.2, 0.25) is 0 Å². The van der Waals surface area contributed by atoms with Crippen molar-refractivity contribution in [2.75, 3.05) is 5.32 Å². The Hall–Kier alpha value is -2.93. The second kappa shape index (κ2) is 7.10. The highest BCUT2D eigenvalue weighted by Gasteiger charge is 2.11. The van der Waals surface area contributed by atoms with Gasteiger partial charge in [0.2, 0.25) is 5.43 Å². The molecular formula is C17H15N3O3S. The first-order valence-corrected chi connectivity index (χ1v) is 8.13. The monoisotopic (exact) mass is 341 g/mol. The van der Waals surface area contributed by atoms with E-state index in [4.69, 9.17) is 4.74 Å². The van der Waals surface area contributed by atoms with Crippen molar-refractivity contribution in [2.24, 2.45) is 0 Å². The van der Waals surface area contributed by atoms with Crippen LogP contribution in [-0.4, -0.2) is 15.9 Å². The summed E-state index contributed by atoms with van der Waals surface area (Å²) in [6.45, 7) is 2.13. The van der Waals surface area contributed by atoms with Crippen molar-refractivity contribution in [3.8, 4) is 5.75 Å². The fraction of sp³-hybridized carbons (Fsp3) is 0.118. The first-order valence-electron chi connectivity index (χ1n) is 7.25. The molecule has 7 heteroatoms. The van der Waals surface area contributed by atoms with Crippen molar-refractivity contribution in [3.63, 3.8) is 0 Å². The van der Waals surface area contributed by atoms with E-state index in [9.17, 15) is 9.59 Å². The summed E-state index contributed by atoms with van der Waals surface area (Å²) in [6.07, 6.45) is 1.40. The lowest BCUT2D eigenvalue weighted by atomic mass is 10.2. The zero-order valence-electron chi connectivity index (χ0n) is 12.9. The van der Waals surface area contributed by atoms with Crippen LogP contribution >= 0.6 is 11.3 Å². The lowest BCUT2D eigenvalue weighted by molar-refractivity contribution is 0.102. The number of benzene rings is 1. The molecule has 0 aliphatic rings. The van der Waals surface area contributed by atoms with Crippen LogP contribution < -0.4 is 15.5 Å². The van der Waals surface area contributed by atoms with Crippen LogP contribution in [0.5, 0.6) is 5.75 Å². The highest BCUT2D eigenvalue weighted by Crippen LogP contribution is 2.15. The summed E-state index contributed by atoms with van der Waals surface area (Å²) in [6, 6.07) is 10.7. The highest BCUT2D eigenvalue weighted by atomic mass is 32.1. The molecule has 6 nitrogen and oxygen atoms in total. The molecule has 0 aliphatic heterocycles. The van der Waals surface area contributed by atoms with Gasteiger partial charge in [0.15, 0.2) is 10.9 Å². The zero-order valence-corrected chi connectivity index (χ0v) is 13.7. The molecule has 0 spiro atoms. The maximum atomic E-state index is 12.1. The Bertz CT molecular complexity index is 903. The van der Waals surface area contributed by atoms with Gasteiger partial charge in [-0.3, -0.25) is 14.9 Å². The van der Waals surface area contributed by atoms with Crippen molar-refractivity contribution < 1.29 is 9.53 Å². The smallest absolute Gasteiger partial charge is 0.273 e. The third-order valence-electron chi connectivity index (χ3n) is 3.20. The summed E-state index contributed by atoms with van der Waals surface area (Å²) in [5, 5.41) is 4.96. The Kier molecular flexibility index (Phi) is 4.72. The summed E-state index contributed by atoms with van der Waals surface area (Å²) in [7, 11) is 0. The van der Waals surface area contributed by atoms with Gasteiger partial charge in [-0.1, -0.05) is 30.3 Å². The molecule has 1 aromatic carbocycles. The van der Waals surface area contributed by atoms with Gasteiger partial charge in [0.05, 0.1) is 5.69 Å². The summed E-state index contributed by atoms with van der Waals surface area (Å²) >= 11 is 1.33. The van der Waals surface area contributed by atoms with Crippen LogP contribution in [0.3, 0.4) is 0 Å². The van der Waals surface area contributed by atoms with E-state index in [0.717, 1.165) is 11.3 Å². The van der Waals surface area contributed by atoms with Gasteiger partial charge in [-0.25, -0.2) is 4.98 Å². The molecule has 0 aliphatic carbocycles. The fourth-order valence-electron chi connectivity index (χ4n) is 2.01. The number of nitrogens with zero attached hydrogens (tertiary/aromatic N) is 1. The van der Waals surface area contributed by atoms with Gasteiger partial charge in [0.25, 0.3) is 5.91 Å². The number of aryl methyl sites for hydroxylation is 1. The van der Waals surface area contributed by atoms with Crippen molar-refractivity contribution >= 4 is 22.4 Å². The molecule has 2 aromatic heterocycles. The lowest BCUT2D eigenvalue weighted by Crippen LogP contribution is -2.17. The fourth-order valence-corrected chi connectivity index (χ4v) is 2.70. The minimum atomic E-state index is -0.420. The molecule has 0 atom stereocenters. The second-order valence-electron chi connectivity index (χ2n) is 5.10.